The Hall–Kier alpha value is -3.24. The van der Waals surface area contributed by atoms with Gasteiger partial charge in [0.05, 0.1) is 75.4 Å². The Labute approximate surface area is 241 Å². The van der Waals surface area contributed by atoms with Crippen molar-refractivity contribution >= 4 is 23.0 Å². The number of anilines is 1. The highest BCUT2D eigenvalue weighted by atomic mass is 19.4. The first-order chi connectivity index (χ1) is 20.4. The van der Waals surface area contributed by atoms with Crippen LogP contribution in [0.15, 0.2) is 18.2 Å². The van der Waals surface area contributed by atoms with Crippen LogP contribution in [0.2, 0.25) is 0 Å². The summed E-state index contributed by atoms with van der Waals surface area (Å²) >= 11 is 0. The van der Waals surface area contributed by atoms with Crippen molar-refractivity contribution in [3.8, 4) is 0 Å². The number of nitrogens with zero attached hydrogens (tertiary/aromatic N) is 2. The second-order valence-corrected chi connectivity index (χ2v) is 9.33. The number of carbonyl (C=O) groups excluding carboxylic acids is 1. The van der Waals surface area contributed by atoms with Crippen LogP contribution >= 0.6 is 0 Å². The quantitative estimate of drug-likeness (QED) is 0.0945. The van der Waals surface area contributed by atoms with Crippen molar-refractivity contribution < 1.29 is 66.4 Å². The van der Waals surface area contributed by atoms with Crippen LogP contribution < -0.4 is 10.6 Å². The minimum absolute atomic E-state index is 0.0515. The van der Waals surface area contributed by atoms with E-state index < -0.39 is 63.4 Å². The Bertz CT molecular complexity index is 1110. The van der Waals surface area contributed by atoms with Gasteiger partial charge in [0.25, 0.3) is 11.4 Å². The third-order valence-corrected chi connectivity index (χ3v) is 6.33. The van der Waals surface area contributed by atoms with Crippen LogP contribution in [0.1, 0.15) is 0 Å². The van der Waals surface area contributed by atoms with Crippen LogP contribution in [0.25, 0.3) is 0 Å². The molecule has 0 saturated carbocycles. The lowest BCUT2D eigenvalue weighted by Crippen LogP contribution is -2.67. The predicted molar refractivity (Wildman–Crippen MR) is 135 cm³/mol. The number of carbonyl (C=O) groups is 1. The highest BCUT2D eigenvalue weighted by molar-refractivity contribution is 5.82. The molecule has 0 radical (unpaired) electrons. The van der Waals surface area contributed by atoms with Crippen LogP contribution in [0.4, 0.5) is 30.2 Å². The van der Waals surface area contributed by atoms with E-state index in [4.69, 9.17) is 28.4 Å². The van der Waals surface area contributed by atoms with Crippen LogP contribution in [0, 0.1) is 20.2 Å². The highest BCUT2D eigenvalue weighted by Gasteiger charge is 2.60. The van der Waals surface area contributed by atoms with Gasteiger partial charge in [-0.3, -0.25) is 25.0 Å². The van der Waals surface area contributed by atoms with Crippen LogP contribution in [0.5, 0.6) is 0 Å². The van der Waals surface area contributed by atoms with Gasteiger partial charge in [0.15, 0.2) is 6.29 Å². The number of nitro groups is 2. The van der Waals surface area contributed by atoms with E-state index in [1.165, 1.54) is 6.07 Å². The SMILES string of the molecule is O=C(N[C@H]1[C@H]2OC[C@](COCCOCCOCCOCCNc3ccc([N+](=O)[O-])cc3[N+](=O)[O-])(O2)[C@H](O)[C@@H]1O)C(F)(F)F. The maximum atomic E-state index is 12.5. The molecule has 0 spiro atoms. The average Bonchev–Trinajstić information content (AvgIpc) is 3.35. The summed E-state index contributed by atoms with van der Waals surface area (Å²) < 4.78 is 69.9. The van der Waals surface area contributed by atoms with Gasteiger partial charge in [-0.1, -0.05) is 0 Å². The number of amides is 1. The summed E-state index contributed by atoms with van der Waals surface area (Å²) in [6, 6.07) is 1.65. The largest absolute Gasteiger partial charge is 0.471 e. The smallest absolute Gasteiger partial charge is 0.388 e. The number of aliphatic hydroxyl groups excluding tert-OH is 2. The Balaban J connectivity index is 1.20. The number of halogens is 3. The van der Waals surface area contributed by atoms with E-state index in [2.05, 4.69) is 5.32 Å². The van der Waals surface area contributed by atoms with E-state index in [0.717, 1.165) is 12.1 Å². The lowest BCUT2D eigenvalue weighted by molar-refractivity contribution is -0.393. The molecule has 2 fully saturated rings. The fourth-order valence-corrected chi connectivity index (χ4v) is 4.17. The van der Waals surface area contributed by atoms with Gasteiger partial charge in [-0.2, -0.15) is 13.2 Å². The molecule has 4 N–H and O–H groups in total. The molecule has 0 aromatic heterocycles. The molecule has 0 aliphatic carbocycles. The van der Waals surface area contributed by atoms with Crippen molar-refractivity contribution in [1.29, 1.82) is 0 Å². The molecule has 0 unspecified atom stereocenters. The molecule has 2 bridgehead atoms. The van der Waals surface area contributed by atoms with E-state index in [0.29, 0.717) is 0 Å². The number of ether oxygens (including phenoxy) is 6. The first-order valence-electron chi connectivity index (χ1n) is 12.9. The standard InChI is InChI=1S/C23H31F3N4O13/c24-23(25,26)21(33)28-17-18(31)19(32)22(13-42-20(17)43-22)12-41-10-9-40-8-7-39-6-5-38-4-3-27-15-2-1-14(29(34)35)11-16(15)30(36)37/h1-2,11,17-20,27,31-32H,3-10,12-13H2,(H,28,33)/t17-,18-,19-,20+,22+/m1/s1. The van der Waals surface area contributed by atoms with Crippen molar-refractivity contribution in [2.75, 3.05) is 71.3 Å². The second-order valence-electron chi connectivity index (χ2n) is 9.33. The number of nitro benzene ring substituents is 2. The summed E-state index contributed by atoms with van der Waals surface area (Å²) in [4.78, 5) is 31.7. The molecule has 5 atom stereocenters. The zero-order valence-electron chi connectivity index (χ0n) is 22.5. The van der Waals surface area contributed by atoms with Crippen LogP contribution in [-0.4, -0.2) is 128 Å². The molecule has 2 aliphatic heterocycles. The number of fused-ring (bicyclic) bond motifs is 2. The molecule has 1 amide bonds. The summed E-state index contributed by atoms with van der Waals surface area (Å²) in [5, 5.41) is 47.0. The maximum Gasteiger partial charge on any atom is 0.471 e. The van der Waals surface area contributed by atoms with Gasteiger partial charge < -0.3 is 49.3 Å². The number of aliphatic hydroxyl groups is 2. The number of hydrogen-bond acceptors (Lipinski definition) is 14. The second kappa shape index (κ2) is 15.5. The monoisotopic (exact) mass is 628 g/mol. The van der Waals surface area contributed by atoms with Crippen molar-refractivity contribution in [1.82, 2.24) is 5.32 Å². The molecule has 2 aliphatic rings. The molecule has 1 aromatic carbocycles. The summed E-state index contributed by atoms with van der Waals surface area (Å²) in [7, 11) is 0. The molecule has 17 nitrogen and oxygen atoms in total. The van der Waals surface area contributed by atoms with Gasteiger partial charge in [0.2, 0.25) is 0 Å². The first kappa shape index (κ1) is 34.3. The van der Waals surface area contributed by atoms with Gasteiger partial charge in [-0.15, -0.1) is 0 Å². The fourth-order valence-electron chi connectivity index (χ4n) is 4.17. The number of non-ortho nitro benzene ring substituents is 1. The minimum Gasteiger partial charge on any atom is -0.388 e. The molecule has 2 saturated heterocycles. The van der Waals surface area contributed by atoms with Gasteiger partial charge in [-0.05, 0) is 6.07 Å². The first-order valence-corrected chi connectivity index (χ1v) is 12.9. The van der Waals surface area contributed by atoms with Crippen molar-refractivity contribution in [3.63, 3.8) is 0 Å². The molecular weight excluding hydrogens is 597 g/mol. The number of hydrogen-bond donors (Lipinski definition) is 4. The van der Waals surface area contributed by atoms with Crippen molar-refractivity contribution in [3.05, 3.63) is 38.4 Å². The summed E-state index contributed by atoms with van der Waals surface area (Å²) in [6.07, 6.45) is -10.1. The predicted octanol–water partition coefficient (Wildman–Crippen LogP) is -0.124. The number of rotatable bonds is 18. The molecule has 2 heterocycles. The van der Waals surface area contributed by atoms with E-state index in [1.54, 1.807) is 5.32 Å². The number of benzene rings is 1. The van der Waals surface area contributed by atoms with Gasteiger partial charge >= 0.3 is 12.1 Å². The zero-order chi connectivity index (χ0) is 31.6. The van der Waals surface area contributed by atoms with Crippen molar-refractivity contribution in [2.24, 2.45) is 0 Å². The molecule has 20 heteroatoms. The van der Waals surface area contributed by atoms with Gasteiger partial charge in [0, 0.05) is 12.6 Å². The molecule has 1 aromatic rings. The Kier molecular flexibility index (Phi) is 12.3. The summed E-state index contributed by atoms with van der Waals surface area (Å²) in [5.74, 6) is -2.30. The summed E-state index contributed by atoms with van der Waals surface area (Å²) in [5.41, 5.74) is -2.22. The fraction of sp³-hybridized carbons (Fsp3) is 0.696. The van der Waals surface area contributed by atoms with E-state index >= 15 is 0 Å². The van der Waals surface area contributed by atoms with Crippen LogP contribution in [0.3, 0.4) is 0 Å². The third kappa shape index (κ3) is 9.37. The average molecular weight is 629 g/mol. The molecule has 242 valence electrons. The molecule has 3 rings (SSSR count). The number of alkyl halides is 3. The Morgan fingerprint density at radius 1 is 1.00 bits per heavy atom. The minimum atomic E-state index is -5.19. The highest BCUT2D eigenvalue weighted by Crippen LogP contribution is 2.37. The Morgan fingerprint density at radius 3 is 2.19 bits per heavy atom. The zero-order valence-corrected chi connectivity index (χ0v) is 22.5. The van der Waals surface area contributed by atoms with Gasteiger partial charge in [0.1, 0.15) is 29.5 Å². The normalized spacial score (nSPS) is 25.0. The topological polar surface area (TPSA) is 223 Å². The van der Waals surface area contributed by atoms with E-state index in [9.17, 15) is 48.4 Å². The van der Waals surface area contributed by atoms with Crippen molar-refractivity contribution in [2.45, 2.75) is 36.3 Å². The molecule has 43 heavy (non-hydrogen) atoms. The maximum absolute atomic E-state index is 12.5. The summed E-state index contributed by atoms with van der Waals surface area (Å²) in [6.45, 7) is 0.959. The van der Waals surface area contributed by atoms with E-state index in [-0.39, 0.29) is 71.7 Å². The third-order valence-electron chi connectivity index (χ3n) is 6.33. The van der Waals surface area contributed by atoms with E-state index in [1.807, 2.05) is 0 Å². The Morgan fingerprint density at radius 2 is 1.60 bits per heavy atom. The van der Waals surface area contributed by atoms with Gasteiger partial charge in [-0.25, -0.2) is 0 Å². The molecular formula is C23H31F3N4O13. The number of nitrogens with one attached hydrogen (secondary N) is 2. The van der Waals surface area contributed by atoms with Crippen LogP contribution in [-0.2, 0) is 33.2 Å². The lowest BCUT2D eigenvalue weighted by atomic mass is 9.88. The lowest BCUT2D eigenvalue weighted by Gasteiger charge is -2.42.